The van der Waals surface area contributed by atoms with Gasteiger partial charge in [-0.15, -0.1) is 0 Å². The largest absolute Gasteiger partial charge is 0.481 e. The summed E-state index contributed by atoms with van der Waals surface area (Å²) in [5.41, 5.74) is 4.66. The van der Waals surface area contributed by atoms with E-state index in [0.717, 1.165) is 0 Å². The van der Waals surface area contributed by atoms with Crippen molar-refractivity contribution in [2.24, 2.45) is 5.73 Å². The molecule has 0 aliphatic heterocycles. The van der Waals surface area contributed by atoms with Crippen LogP contribution in [0.1, 0.15) is 12.0 Å². The van der Waals surface area contributed by atoms with Gasteiger partial charge in [0.15, 0.2) is 0 Å². The maximum Gasteiger partial charge on any atom is 0.315 e. The van der Waals surface area contributed by atoms with Gasteiger partial charge in [-0.25, -0.2) is 4.39 Å². The minimum Gasteiger partial charge on any atom is -0.481 e. The van der Waals surface area contributed by atoms with Crippen molar-refractivity contribution in [2.45, 2.75) is 11.8 Å². The molecule has 1 atom stereocenters. The van der Waals surface area contributed by atoms with E-state index in [0.29, 0.717) is 18.8 Å². The lowest BCUT2D eigenvalue weighted by molar-refractivity contribution is -0.144. The highest BCUT2D eigenvalue weighted by Gasteiger charge is 2.39. The van der Waals surface area contributed by atoms with Gasteiger partial charge in [-0.1, -0.05) is 12.1 Å². The molecule has 0 spiro atoms. The van der Waals surface area contributed by atoms with Crippen LogP contribution in [0.5, 0.6) is 0 Å². The summed E-state index contributed by atoms with van der Waals surface area (Å²) in [6.45, 7) is 0.894. The molecule has 0 fully saturated rings. The summed E-state index contributed by atoms with van der Waals surface area (Å²) < 4.78 is 23.4. The lowest BCUT2D eigenvalue weighted by Crippen LogP contribution is -2.44. The van der Waals surface area contributed by atoms with Crippen LogP contribution in [0.3, 0.4) is 0 Å². The second kappa shape index (κ2) is 7.94. The highest BCUT2D eigenvalue weighted by molar-refractivity contribution is 5.81. The summed E-state index contributed by atoms with van der Waals surface area (Å²) >= 11 is 0. The van der Waals surface area contributed by atoms with Gasteiger partial charge in [-0.05, 0) is 24.1 Å². The molecule has 1 unspecified atom stereocenters. The molecule has 20 heavy (non-hydrogen) atoms. The number of hydrogen-bond acceptors (Lipinski definition) is 4. The number of ether oxygens (including phenoxy) is 2. The van der Waals surface area contributed by atoms with Crippen molar-refractivity contribution < 1.29 is 23.8 Å². The van der Waals surface area contributed by atoms with E-state index in [1.165, 1.54) is 18.2 Å². The fourth-order valence-electron chi connectivity index (χ4n) is 1.96. The minimum atomic E-state index is -1.34. The Morgan fingerprint density at radius 2 is 2.15 bits per heavy atom. The van der Waals surface area contributed by atoms with Crippen molar-refractivity contribution in [1.82, 2.24) is 0 Å². The molecule has 6 heteroatoms. The van der Waals surface area contributed by atoms with Gasteiger partial charge in [0.05, 0.1) is 13.2 Å². The molecule has 0 amide bonds. The van der Waals surface area contributed by atoms with E-state index in [4.69, 9.17) is 15.2 Å². The van der Waals surface area contributed by atoms with E-state index in [1.807, 2.05) is 0 Å². The summed E-state index contributed by atoms with van der Waals surface area (Å²) in [7, 11) is 1.55. The topological polar surface area (TPSA) is 81.8 Å². The molecule has 0 radical (unpaired) electrons. The van der Waals surface area contributed by atoms with Crippen LogP contribution in [0, 0.1) is 5.82 Å². The van der Waals surface area contributed by atoms with Crippen molar-refractivity contribution in [3.8, 4) is 0 Å². The zero-order valence-corrected chi connectivity index (χ0v) is 11.5. The monoisotopic (exact) mass is 285 g/mol. The molecule has 0 bridgehead atoms. The smallest absolute Gasteiger partial charge is 0.315 e. The van der Waals surface area contributed by atoms with Crippen LogP contribution < -0.4 is 5.73 Å². The van der Waals surface area contributed by atoms with Crippen LogP contribution >= 0.6 is 0 Å². The van der Waals surface area contributed by atoms with Gasteiger partial charge in [-0.3, -0.25) is 4.79 Å². The number of methoxy groups -OCH3 is 1. The maximum absolute atomic E-state index is 13.3. The number of carboxylic acid groups (broad SMARTS) is 1. The van der Waals surface area contributed by atoms with Crippen molar-refractivity contribution >= 4 is 5.97 Å². The Labute approximate surface area is 117 Å². The van der Waals surface area contributed by atoms with Crippen LogP contribution in [0.2, 0.25) is 0 Å². The van der Waals surface area contributed by atoms with E-state index < -0.39 is 17.2 Å². The molecule has 3 N–H and O–H groups in total. The first-order valence-electron chi connectivity index (χ1n) is 6.33. The van der Waals surface area contributed by atoms with E-state index in [1.54, 1.807) is 13.2 Å². The molecule has 1 aromatic rings. The molecule has 0 saturated heterocycles. The number of carbonyl (C=O) groups is 1. The van der Waals surface area contributed by atoms with Crippen LogP contribution in [0.4, 0.5) is 4.39 Å². The zero-order chi connectivity index (χ0) is 15.0. The molecule has 0 heterocycles. The van der Waals surface area contributed by atoms with E-state index in [9.17, 15) is 14.3 Å². The summed E-state index contributed by atoms with van der Waals surface area (Å²) in [4.78, 5) is 11.6. The Bertz CT molecular complexity index is 441. The predicted molar refractivity (Wildman–Crippen MR) is 72.1 cm³/mol. The van der Waals surface area contributed by atoms with Crippen LogP contribution in [-0.4, -0.2) is 44.6 Å². The van der Waals surface area contributed by atoms with Gasteiger partial charge in [0.25, 0.3) is 0 Å². The average molecular weight is 285 g/mol. The molecule has 0 aliphatic rings. The van der Waals surface area contributed by atoms with Crippen LogP contribution in [0.25, 0.3) is 0 Å². The Hall–Kier alpha value is -1.50. The van der Waals surface area contributed by atoms with E-state index in [2.05, 4.69) is 0 Å². The second-order valence-corrected chi connectivity index (χ2v) is 4.46. The first-order chi connectivity index (χ1) is 9.56. The Morgan fingerprint density at radius 3 is 2.70 bits per heavy atom. The van der Waals surface area contributed by atoms with Gasteiger partial charge in [0, 0.05) is 20.3 Å². The van der Waals surface area contributed by atoms with Gasteiger partial charge < -0.3 is 20.3 Å². The zero-order valence-electron chi connectivity index (χ0n) is 11.5. The quantitative estimate of drug-likeness (QED) is 0.665. The molecule has 0 aromatic heterocycles. The Morgan fingerprint density at radius 1 is 1.40 bits per heavy atom. The van der Waals surface area contributed by atoms with Gasteiger partial charge in [0.2, 0.25) is 0 Å². The minimum absolute atomic E-state index is 0.126. The highest BCUT2D eigenvalue weighted by Crippen LogP contribution is 2.28. The maximum atomic E-state index is 13.3. The van der Waals surface area contributed by atoms with Crippen LogP contribution in [-0.2, 0) is 19.7 Å². The number of halogens is 1. The molecular formula is C14H20FNO4. The Kier molecular flexibility index (Phi) is 6.57. The fraction of sp³-hybridized carbons (Fsp3) is 0.500. The third-order valence-corrected chi connectivity index (χ3v) is 3.24. The number of carboxylic acids is 1. The summed E-state index contributed by atoms with van der Waals surface area (Å²) in [5.74, 6) is -1.57. The number of benzene rings is 1. The molecule has 1 aromatic carbocycles. The molecule has 5 nitrogen and oxygen atoms in total. The van der Waals surface area contributed by atoms with Crippen molar-refractivity contribution in [3.63, 3.8) is 0 Å². The number of rotatable bonds is 9. The lowest BCUT2D eigenvalue weighted by atomic mass is 9.78. The number of hydrogen-bond donors (Lipinski definition) is 2. The van der Waals surface area contributed by atoms with Gasteiger partial charge in [-0.2, -0.15) is 0 Å². The third kappa shape index (κ3) is 4.00. The molecule has 112 valence electrons. The SMILES string of the molecule is COCCOCCC(CN)(C(=O)O)c1cccc(F)c1. The van der Waals surface area contributed by atoms with Crippen LogP contribution in [0.15, 0.2) is 24.3 Å². The van der Waals surface area contributed by atoms with Gasteiger partial charge >= 0.3 is 5.97 Å². The van der Waals surface area contributed by atoms with Gasteiger partial charge in [0.1, 0.15) is 11.2 Å². The molecule has 0 saturated carbocycles. The third-order valence-electron chi connectivity index (χ3n) is 3.24. The van der Waals surface area contributed by atoms with E-state index in [-0.39, 0.29) is 19.6 Å². The summed E-state index contributed by atoms with van der Waals surface area (Å²) in [5, 5.41) is 9.49. The number of nitrogens with two attached hydrogens (primary N) is 1. The molecule has 1 rings (SSSR count). The molecule has 0 aliphatic carbocycles. The fourth-order valence-corrected chi connectivity index (χ4v) is 1.96. The van der Waals surface area contributed by atoms with Crippen molar-refractivity contribution in [2.75, 3.05) is 33.5 Å². The Balaban J connectivity index is 2.84. The highest BCUT2D eigenvalue weighted by atomic mass is 19.1. The van der Waals surface area contributed by atoms with Crippen molar-refractivity contribution in [3.05, 3.63) is 35.6 Å². The summed E-state index contributed by atoms with van der Waals surface area (Å²) in [6.07, 6.45) is 0.173. The normalized spacial score (nSPS) is 13.9. The first kappa shape index (κ1) is 16.6. The first-order valence-corrected chi connectivity index (χ1v) is 6.33. The number of aliphatic carboxylic acids is 1. The van der Waals surface area contributed by atoms with Crippen molar-refractivity contribution in [1.29, 1.82) is 0 Å². The lowest BCUT2D eigenvalue weighted by Gasteiger charge is -2.28. The predicted octanol–water partition coefficient (Wildman–Crippen LogP) is 1.16. The van der Waals surface area contributed by atoms with E-state index >= 15 is 0 Å². The second-order valence-electron chi connectivity index (χ2n) is 4.46. The summed E-state index contributed by atoms with van der Waals surface area (Å²) in [6, 6.07) is 5.51. The average Bonchev–Trinajstić information content (AvgIpc) is 2.43. The standard InChI is InChI=1S/C14H20FNO4/c1-19-7-8-20-6-5-14(10-16,13(17)18)11-3-2-4-12(15)9-11/h2-4,9H,5-8,10,16H2,1H3,(H,17,18). The molecular weight excluding hydrogens is 265 g/mol.